The van der Waals surface area contributed by atoms with Crippen molar-refractivity contribution in [3.05, 3.63) is 34.9 Å². The molecule has 1 aliphatic heterocycles. The lowest BCUT2D eigenvalue weighted by Gasteiger charge is -2.34. The molecule has 0 saturated carbocycles. The van der Waals surface area contributed by atoms with E-state index in [1.165, 1.54) is 19.3 Å². The fourth-order valence-electron chi connectivity index (χ4n) is 2.56. The second-order valence-corrected chi connectivity index (χ2v) is 6.15. The van der Waals surface area contributed by atoms with Gasteiger partial charge in [0.1, 0.15) is 6.61 Å². The van der Waals surface area contributed by atoms with Crippen molar-refractivity contribution in [2.75, 3.05) is 32.7 Å². The molecule has 1 amide bonds. The number of ether oxygens (including phenoxy) is 1. The fourth-order valence-corrected chi connectivity index (χ4v) is 2.68. The first-order valence-corrected chi connectivity index (χ1v) is 8.45. The molecule has 0 atom stereocenters. The molecule has 4 nitrogen and oxygen atoms in total. The summed E-state index contributed by atoms with van der Waals surface area (Å²) >= 11 is 5.83. The molecule has 0 bridgehead atoms. The third kappa shape index (κ3) is 5.50. The van der Waals surface area contributed by atoms with Crippen LogP contribution in [0.3, 0.4) is 0 Å². The van der Waals surface area contributed by atoms with Crippen LogP contribution < -0.4 is 0 Å². The van der Waals surface area contributed by atoms with Crippen molar-refractivity contribution in [1.29, 1.82) is 0 Å². The first-order chi connectivity index (χ1) is 10.7. The monoisotopic (exact) mass is 324 g/mol. The van der Waals surface area contributed by atoms with Crippen LogP contribution in [0.2, 0.25) is 5.02 Å². The van der Waals surface area contributed by atoms with E-state index in [9.17, 15) is 4.79 Å². The fraction of sp³-hybridized carbons (Fsp3) is 0.588. The van der Waals surface area contributed by atoms with E-state index in [4.69, 9.17) is 16.3 Å². The summed E-state index contributed by atoms with van der Waals surface area (Å²) in [5, 5.41) is 0.689. The topological polar surface area (TPSA) is 32.8 Å². The molecule has 0 aromatic heterocycles. The number of nitrogens with zero attached hydrogens (tertiary/aromatic N) is 2. The van der Waals surface area contributed by atoms with Crippen LogP contribution in [0, 0.1) is 0 Å². The van der Waals surface area contributed by atoms with E-state index in [-0.39, 0.29) is 6.09 Å². The van der Waals surface area contributed by atoms with Crippen LogP contribution in [-0.2, 0) is 11.3 Å². The number of halogens is 1. The molecular formula is C17H25ClN2O2. The molecule has 1 aromatic carbocycles. The zero-order valence-corrected chi connectivity index (χ0v) is 14.0. The SMILES string of the molecule is CCCCCN1CCN(C(=O)OCc2ccc(Cl)cc2)CC1. The third-order valence-corrected chi connectivity index (χ3v) is 4.24. The highest BCUT2D eigenvalue weighted by Crippen LogP contribution is 2.11. The summed E-state index contributed by atoms with van der Waals surface area (Å²) in [6.07, 6.45) is 3.56. The van der Waals surface area contributed by atoms with E-state index in [0.717, 1.165) is 38.3 Å². The summed E-state index contributed by atoms with van der Waals surface area (Å²) in [4.78, 5) is 16.3. The van der Waals surface area contributed by atoms with Crippen LogP contribution in [0.1, 0.15) is 31.7 Å². The molecule has 1 aromatic rings. The lowest BCUT2D eigenvalue weighted by Crippen LogP contribution is -2.48. The zero-order valence-electron chi connectivity index (χ0n) is 13.3. The van der Waals surface area contributed by atoms with Crippen molar-refractivity contribution < 1.29 is 9.53 Å². The van der Waals surface area contributed by atoms with Gasteiger partial charge in [-0.3, -0.25) is 4.90 Å². The number of hydrogen-bond acceptors (Lipinski definition) is 3. The molecule has 2 rings (SSSR count). The summed E-state index contributed by atoms with van der Waals surface area (Å²) in [5.41, 5.74) is 0.955. The standard InChI is InChI=1S/C17H25ClN2O2/c1-2-3-4-9-19-10-12-20(13-11-19)17(21)22-14-15-5-7-16(18)8-6-15/h5-8H,2-4,9-14H2,1H3. The van der Waals surface area contributed by atoms with Crippen LogP contribution in [0.15, 0.2) is 24.3 Å². The van der Waals surface area contributed by atoms with Gasteiger partial charge in [-0.05, 0) is 30.7 Å². The second-order valence-electron chi connectivity index (χ2n) is 5.72. The predicted molar refractivity (Wildman–Crippen MR) is 89.2 cm³/mol. The maximum absolute atomic E-state index is 12.1. The average molecular weight is 325 g/mol. The van der Waals surface area contributed by atoms with Gasteiger partial charge in [0.05, 0.1) is 0 Å². The van der Waals surface area contributed by atoms with E-state index in [1.54, 1.807) is 17.0 Å². The van der Waals surface area contributed by atoms with Crippen LogP contribution in [0.25, 0.3) is 0 Å². The molecule has 22 heavy (non-hydrogen) atoms. The Labute approximate surface area is 138 Å². The van der Waals surface area contributed by atoms with Crippen LogP contribution in [-0.4, -0.2) is 48.6 Å². The summed E-state index contributed by atoms with van der Waals surface area (Å²) < 4.78 is 5.37. The van der Waals surface area contributed by atoms with Crippen molar-refractivity contribution >= 4 is 17.7 Å². The normalized spacial score (nSPS) is 15.8. The van der Waals surface area contributed by atoms with Gasteiger partial charge in [-0.25, -0.2) is 4.79 Å². The van der Waals surface area contributed by atoms with Gasteiger partial charge in [0.2, 0.25) is 0 Å². The minimum Gasteiger partial charge on any atom is -0.445 e. The number of hydrogen-bond donors (Lipinski definition) is 0. The number of amides is 1. The summed E-state index contributed by atoms with van der Waals surface area (Å²) in [7, 11) is 0. The minimum atomic E-state index is -0.219. The van der Waals surface area contributed by atoms with Crippen LogP contribution >= 0.6 is 11.6 Å². The molecule has 0 spiro atoms. The number of unbranched alkanes of at least 4 members (excludes halogenated alkanes) is 2. The molecule has 1 aliphatic rings. The number of piperazine rings is 1. The van der Waals surface area contributed by atoms with E-state index >= 15 is 0 Å². The summed E-state index contributed by atoms with van der Waals surface area (Å²) in [6.45, 7) is 7.06. The van der Waals surface area contributed by atoms with E-state index < -0.39 is 0 Å². The number of rotatable bonds is 6. The summed E-state index contributed by atoms with van der Waals surface area (Å²) in [6, 6.07) is 7.36. The van der Waals surface area contributed by atoms with Gasteiger partial charge >= 0.3 is 6.09 Å². The van der Waals surface area contributed by atoms with E-state index in [0.29, 0.717) is 11.6 Å². The Morgan fingerprint density at radius 3 is 2.45 bits per heavy atom. The Morgan fingerprint density at radius 1 is 1.14 bits per heavy atom. The lowest BCUT2D eigenvalue weighted by molar-refractivity contribution is 0.0713. The highest BCUT2D eigenvalue weighted by atomic mass is 35.5. The van der Waals surface area contributed by atoms with Gasteiger partial charge in [-0.1, -0.05) is 43.5 Å². The second kappa shape index (κ2) is 9.01. The maximum atomic E-state index is 12.1. The third-order valence-electron chi connectivity index (χ3n) is 3.98. The predicted octanol–water partition coefficient (Wildman–Crippen LogP) is 3.78. The molecule has 0 aliphatic carbocycles. The van der Waals surface area contributed by atoms with E-state index in [2.05, 4.69) is 11.8 Å². The van der Waals surface area contributed by atoms with Gasteiger partial charge in [-0.15, -0.1) is 0 Å². The quantitative estimate of drug-likeness (QED) is 0.746. The molecule has 0 radical (unpaired) electrons. The van der Waals surface area contributed by atoms with Crippen LogP contribution in [0.4, 0.5) is 4.79 Å². The average Bonchev–Trinajstić information content (AvgIpc) is 2.55. The smallest absolute Gasteiger partial charge is 0.410 e. The molecule has 122 valence electrons. The molecule has 0 N–H and O–H groups in total. The summed E-state index contributed by atoms with van der Waals surface area (Å²) in [5.74, 6) is 0. The molecule has 0 unspecified atom stereocenters. The lowest BCUT2D eigenvalue weighted by atomic mass is 10.2. The van der Waals surface area contributed by atoms with Crippen molar-refractivity contribution in [3.8, 4) is 0 Å². The van der Waals surface area contributed by atoms with Crippen molar-refractivity contribution in [3.63, 3.8) is 0 Å². The largest absolute Gasteiger partial charge is 0.445 e. The Kier molecular flexibility index (Phi) is 7.00. The first kappa shape index (κ1) is 17.1. The van der Waals surface area contributed by atoms with Crippen LogP contribution in [0.5, 0.6) is 0 Å². The Morgan fingerprint density at radius 2 is 1.82 bits per heavy atom. The van der Waals surface area contributed by atoms with Crippen molar-refractivity contribution in [2.24, 2.45) is 0 Å². The van der Waals surface area contributed by atoms with Gasteiger partial charge in [0.15, 0.2) is 0 Å². The van der Waals surface area contributed by atoms with Gasteiger partial charge < -0.3 is 9.64 Å². The molecule has 1 saturated heterocycles. The Bertz CT molecular complexity index is 456. The van der Waals surface area contributed by atoms with Gasteiger partial charge in [0, 0.05) is 31.2 Å². The molecular weight excluding hydrogens is 300 g/mol. The minimum absolute atomic E-state index is 0.219. The molecule has 1 heterocycles. The first-order valence-electron chi connectivity index (χ1n) is 8.07. The number of carbonyl (C=O) groups is 1. The zero-order chi connectivity index (χ0) is 15.8. The van der Waals surface area contributed by atoms with Crippen molar-refractivity contribution in [2.45, 2.75) is 32.8 Å². The maximum Gasteiger partial charge on any atom is 0.410 e. The number of carbonyl (C=O) groups excluding carboxylic acids is 1. The highest BCUT2D eigenvalue weighted by Gasteiger charge is 2.21. The molecule has 5 heteroatoms. The Balaban J connectivity index is 1.67. The number of benzene rings is 1. The Hall–Kier alpha value is -1.26. The molecule has 1 fully saturated rings. The van der Waals surface area contributed by atoms with Gasteiger partial charge in [-0.2, -0.15) is 0 Å². The van der Waals surface area contributed by atoms with Crippen molar-refractivity contribution in [1.82, 2.24) is 9.80 Å². The van der Waals surface area contributed by atoms with Gasteiger partial charge in [0.25, 0.3) is 0 Å². The highest BCUT2D eigenvalue weighted by molar-refractivity contribution is 6.30. The van der Waals surface area contributed by atoms with E-state index in [1.807, 2.05) is 12.1 Å².